The van der Waals surface area contributed by atoms with E-state index in [9.17, 15) is 9.90 Å². The predicted molar refractivity (Wildman–Crippen MR) is 24.2 cm³/mol. The summed E-state index contributed by atoms with van der Waals surface area (Å²) in [5.41, 5.74) is 0. The Kier molecular flexibility index (Phi) is 1.35. The minimum atomic E-state index is -1.41. The molecule has 1 rings (SSSR count). The lowest BCUT2D eigenvalue weighted by Crippen LogP contribution is -2.25. The maximum absolute atomic E-state index is 9.92. The van der Waals surface area contributed by atoms with Gasteiger partial charge in [-0.2, -0.15) is 5.10 Å². The molecule has 1 aromatic rings. The molecule has 0 aliphatic heterocycles. The molecular weight excluding hydrogens is 122 g/mol. The van der Waals surface area contributed by atoms with Crippen LogP contribution in [0.15, 0.2) is 12.4 Å². The Balaban J connectivity index is 2.98. The maximum Gasteiger partial charge on any atom is 0.197 e. The number of nitrogens with zero attached hydrogens (tertiary/aromatic N) is 3. The Labute approximate surface area is 50.4 Å². The number of carboxylic acids is 1. The lowest BCUT2D eigenvalue weighted by Gasteiger charge is -1.94. The van der Waals surface area contributed by atoms with Crippen LogP contribution in [-0.2, 0) is 0 Å². The van der Waals surface area contributed by atoms with Crippen LogP contribution < -0.4 is 5.11 Å². The first kappa shape index (κ1) is 5.61. The molecule has 1 heterocycles. The first-order chi connectivity index (χ1) is 4.30. The van der Waals surface area contributed by atoms with Gasteiger partial charge in [0.15, 0.2) is 5.82 Å². The van der Waals surface area contributed by atoms with Crippen LogP contribution in [0, 0.1) is 0 Å². The van der Waals surface area contributed by atoms with Crippen molar-refractivity contribution >= 4 is 5.97 Å². The predicted octanol–water partition coefficient (Wildman–Crippen LogP) is -1.76. The molecule has 46 valence electrons. The van der Waals surface area contributed by atoms with E-state index in [1.807, 2.05) is 0 Å². The van der Waals surface area contributed by atoms with Crippen LogP contribution in [0.25, 0.3) is 0 Å². The van der Waals surface area contributed by atoms with E-state index in [1.165, 1.54) is 12.4 Å². The SMILES string of the molecule is O=C([O-])c1nccnn1. The summed E-state index contributed by atoms with van der Waals surface area (Å²) in [6.45, 7) is 0. The molecule has 0 aliphatic rings. The van der Waals surface area contributed by atoms with E-state index in [0.29, 0.717) is 0 Å². The van der Waals surface area contributed by atoms with E-state index in [1.54, 1.807) is 0 Å². The van der Waals surface area contributed by atoms with Gasteiger partial charge >= 0.3 is 0 Å². The number of hydrogen-bond donors (Lipinski definition) is 0. The zero-order valence-corrected chi connectivity index (χ0v) is 4.31. The van der Waals surface area contributed by atoms with Crippen molar-refractivity contribution in [3.8, 4) is 0 Å². The number of carbonyl (C=O) groups is 1. The van der Waals surface area contributed by atoms with Gasteiger partial charge in [-0.3, -0.25) is 0 Å². The quantitative estimate of drug-likeness (QED) is 0.443. The van der Waals surface area contributed by atoms with Gasteiger partial charge in [-0.05, 0) is 0 Å². The molecule has 0 radical (unpaired) electrons. The normalized spacial score (nSPS) is 8.89. The highest BCUT2D eigenvalue weighted by Crippen LogP contribution is 1.78. The van der Waals surface area contributed by atoms with Gasteiger partial charge in [0, 0.05) is 6.20 Å². The van der Waals surface area contributed by atoms with Crippen molar-refractivity contribution in [2.75, 3.05) is 0 Å². The van der Waals surface area contributed by atoms with Crippen LogP contribution in [0.2, 0.25) is 0 Å². The van der Waals surface area contributed by atoms with Crippen LogP contribution in [0.3, 0.4) is 0 Å². The van der Waals surface area contributed by atoms with Crippen molar-refractivity contribution in [3.05, 3.63) is 18.2 Å². The molecule has 0 atom stereocenters. The molecule has 5 nitrogen and oxygen atoms in total. The maximum atomic E-state index is 9.92. The molecule has 0 fully saturated rings. The van der Waals surface area contributed by atoms with Crippen LogP contribution in [0.5, 0.6) is 0 Å². The van der Waals surface area contributed by atoms with Crippen LogP contribution in [0.4, 0.5) is 0 Å². The fourth-order valence-corrected chi connectivity index (χ4v) is 0.341. The molecule has 0 amide bonds. The van der Waals surface area contributed by atoms with Crippen molar-refractivity contribution in [1.82, 2.24) is 15.2 Å². The Morgan fingerprint density at radius 1 is 1.56 bits per heavy atom. The monoisotopic (exact) mass is 124 g/mol. The number of carboxylic acid groups (broad SMARTS) is 1. The zero-order valence-electron chi connectivity index (χ0n) is 4.31. The van der Waals surface area contributed by atoms with Gasteiger partial charge in [0.25, 0.3) is 0 Å². The zero-order chi connectivity index (χ0) is 6.69. The topological polar surface area (TPSA) is 78.8 Å². The molecule has 1 aromatic heterocycles. The van der Waals surface area contributed by atoms with E-state index >= 15 is 0 Å². The molecule has 0 aromatic carbocycles. The summed E-state index contributed by atoms with van der Waals surface area (Å²) in [6.07, 6.45) is 2.52. The number of rotatable bonds is 1. The van der Waals surface area contributed by atoms with Gasteiger partial charge in [-0.25, -0.2) is 4.98 Å². The summed E-state index contributed by atoms with van der Waals surface area (Å²) in [5.74, 6) is -1.81. The molecule has 0 aliphatic carbocycles. The van der Waals surface area contributed by atoms with Gasteiger partial charge in [-0.15, -0.1) is 5.10 Å². The third-order valence-corrected chi connectivity index (χ3v) is 0.665. The van der Waals surface area contributed by atoms with Crippen LogP contribution >= 0.6 is 0 Å². The second-order valence-corrected chi connectivity index (χ2v) is 1.25. The largest absolute Gasteiger partial charge is 0.541 e. The first-order valence-corrected chi connectivity index (χ1v) is 2.16. The number of carbonyl (C=O) groups excluding carboxylic acids is 1. The van der Waals surface area contributed by atoms with Gasteiger partial charge in [0.2, 0.25) is 0 Å². The number of aromatic nitrogens is 3. The van der Waals surface area contributed by atoms with Gasteiger partial charge < -0.3 is 9.90 Å². The van der Waals surface area contributed by atoms with Crippen LogP contribution in [0.1, 0.15) is 10.6 Å². The average Bonchev–Trinajstić information content (AvgIpc) is 1.90. The van der Waals surface area contributed by atoms with E-state index in [4.69, 9.17) is 0 Å². The van der Waals surface area contributed by atoms with Crippen molar-refractivity contribution < 1.29 is 9.90 Å². The minimum absolute atomic E-state index is 0.391. The second kappa shape index (κ2) is 2.17. The molecule has 0 saturated carbocycles. The summed E-state index contributed by atoms with van der Waals surface area (Å²) in [4.78, 5) is 13.3. The van der Waals surface area contributed by atoms with Crippen molar-refractivity contribution in [2.24, 2.45) is 0 Å². The molecule has 9 heavy (non-hydrogen) atoms. The summed E-state index contributed by atoms with van der Waals surface area (Å²) < 4.78 is 0. The summed E-state index contributed by atoms with van der Waals surface area (Å²) in [6, 6.07) is 0. The molecule has 0 bridgehead atoms. The molecule has 0 unspecified atom stereocenters. The average molecular weight is 124 g/mol. The van der Waals surface area contributed by atoms with E-state index in [-0.39, 0.29) is 0 Å². The summed E-state index contributed by atoms with van der Waals surface area (Å²) in [7, 11) is 0. The van der Waals surface area contributed by atoms with Crippen LogP contribution in [-0.4, -0.2) is 21.2 Å². The van der Waals surface area contributed by atoms with Gasteiger partial charge in [-0.1, -0.05) is 0 Å². The Morgan fingerprint density at radius 3 is 2.67 bits per heavy atom. The van der Waals surface area contributed by atoms with Crippen molar-refractivity contribution in [1.29, 1.82) is 0 Å². The smallest absolute Gasteiger partial charge is 0.197 e. The molecular formula is C4H2N3O2-. The number of aromatic carboxylic acids is 1. The molecule has 5 heteroatoms. The fourth-order valence-electron chi connectivity index (χ4n) is 0.341. The van der Waals surface area contributed by atoms with E-state index in [0.717, 1.165) is 0 Å². The molecule has 0 N–H and O–H groups in total. The van der Waals surface area contributed by atoms with Gasteiger partial charge in [0.05, 0.1) is 6.20 Å². The minimum Gasteiger partial charge on any atom is -0.541 e. The standard InChI is InChI=1S/C4H3N3O2/c8-4(9)3-5-1-2-6-7-3/h1-2H,(H,8,9)/p-1. The second-order valence-electron chi connectivity index (χ2n) is 1.25. The third kappa shape index (κ3) is 1.18. The summed E-state index contributed by atoms with van der Waals surface area (Å²) >= 11 is 0. The Hall–Kier alpha value is -1.52. The van der Waals surface area contributed by atoms with Crippen molar-refractivity contribution in [2.45, 2.75) is 0 Å². The Bertz CT molecular complexity index is 210. The Morgan fingerprint density at radius 2 is 2.33 bits per heavy atom. The highest BCUT2D eigenvalue weighted by atomic mass is 16.4. The fraction of sp³-hybridized carbons (Fsp3) is 0. The lowest BCUT2D eigenvalue weighted by atomic mass is 10.6. The third-order valence-electron chi connectivity index (χ3n) is 0.665. The molecule has 0 saturated heterocycles. The summed E-state index contributed by atoms with van der Waals surface area (Å²) in [5, 5.41) is 16.4. The molecule has 0 spiro atoms. The van der Waals surface area contributed by atoms with Gasteiger partial charge in [0.1, 0.15) is 5.97 Å². The lowest BCUT2D eigenvalue weighted by molar-refractivity contribution is -0.256. The van der Waals surface area contributed by atoms with Crippen molar-refractivity contribution in [3.63, 3.8) is 0 Å². The van der Waals surface area contributed by atoms with E-state index < -0.39 is 11.8 Å². The number of hydrogen-bond acceptors (Lipinski definition) is 5. The highest BCUT2D eigenvalue weighted by molar-refractivity contribution is 5.80. The highest BCUT2D eigenvalue weighted by Gasteiger charge is 1.91. The first-order valence-electron chi connectivity index (χ1n) is 2.16. The van der Waals surface area contributed by atoms with E-state index in [2.05, 4.69) is 15.2 Å².